The molecule has 1 aromatic carbocycles. The molecule has 90 valence electrons. The molecule has 1 aromatic rings. The van der Waals surface area contributed by atoms with Crippen molar-refractivity contribution in [2.24, 2.45) is 0 Å². The van der Waals surface area contributed by atoms with E-state index in [4.69, 9.17) is 5.11 Å². The number of aromatic hydroxyl groups is 1. The number of halogens is 3. The molecule has 1 N–H and O–H groups in total. The molecular formula is C8H7F3O4S. The molecule has 0 bridgehead atoms. The highest BCUT2D eigenvalue weighted by molar-refractivity contribution is 7.87. The van der Waals surface area contributed by atoms with Crippen LogP contribution >= 0.6 is 0 Å². The fourth-order valence-electron chi connectivity index (χ4n) is 0.841. The maximum Gasteiger partial charge on any atom is 0.523 e. The summed E-state index contributed by atoms with van der Waals surface area (Å²) in [7, 11) is -5.62. The van der Waals surface area contributed by atoms with E-state index in [1.807, 2.05) is 0 Å². The van der Waals surface area contributed by atoms with Gasteiger partial charge in [-0.25, -0.2) is 0 Å². The zero-order chi connectivity index (χ0) is 12.4. The maximum atomic E-state index is 11.9. The van der Waals surface area contributed by atoms with Gasteiger partial charge in [-0.1, -0.05) is 18.2 Å². The van der Waals surface area contributed by atoms with Crippen LogP contribution in [0, 0.1) is 0 Å². The van der Waals surface area contributed by atoms with Crippen LogP contribution in [-0.4, -0.2) is 19.0 Å². The Morgan fingerprint density at radius 2 is 1.81 bits per heavy atom. The molecule has 0 atom stereocenters. The van der Waals surface area contributed by atoms with E-state index in [0.29, 0.717) is 0 Å². The van der Waals surface area contributed by atoms with Gasteiger partial charge in [-0.05, 0) is 6.07 Å². The van der Waals surface area contributed by atoms with Gasteiger partial charge in [0.15, 0.2) is 0 Å². The normalized spacial score (nSPS) is 12.7. The van der Waals surface area contributed by atoms with Crippen LogP contribution in [0.15, 0.2) is 24.3 Å². The van der Waals surface area contributed by atoms with Crippen LogP contribution in [0.1, 0.15) is 5.56 Å². The zero-order valence-electron chi connectivity index (χ0n) is 7.73. The Balaban J connectivity index is 2.77. The maximum absolute atomic E-state index is 11.9. The summed E-state index contributed by atoms with van der Waals surface area (Å²) in [6.07, 6.45) is 0. The Bertz CT molecular complexity index is 466. The van der Waals surface area contributed by atoms with Crippen molar-refractivity contribution < 1.29 is 30.9 Å². The first-order valence-electron chi connectivity index (χ1n) is 3.96. The fourth-order valence-corrected chi connectivity index (χ4v) is 1.26. The largest absolute Gasteiger partial charge is 0.523 e. The van der Waals surface area contributed by atoms with Gasteiger partial charge in [-0.15, -0.1) is 0 Å². The van der Waals surface area contributed by atoms with Gasteiger partial charge < -0.3 is 5.11 Å². The summed E-state index contributed by atoms with van der Waals surface area (Å²) in [4.78, 5) is 0. The molecule has 0 aromatic heterocycles. The smallest absolute Gasteiger partial charge is 0.508 e. The molecule has 0 aliphatic heterocycles. The van der Waals surface area contributed by atoms with Crippen LogP contribution < -0.4 is 0 Å². The summed E-state index contributed by atoms with van der Waals surface area (Å²) >= 11 is 0. The third kappa shape index (κ3) is 2.86. The average Bonchev–Trinajstić information content (AvgIpc) is 2.15. The second-order valence-electron chi connectivity index (χ2n) is 2.79. The number of phenolic OH excluding ortho intramolecular Hbond substituents is 1. The molecule has 0 fully saturated rings. The molecular weight excluding hydrogens is 249 g/mol. The second-order valence-corrected chi connectivity index (χ2v) is 4.40. The summed E-state index contributed by atoms with van der Waals surface area (Å²) in [6, 6.07) is 5.33. The third-order valence-corrected chi connectivity index (χ3v) is 2.64. The molecule has 0 radical (unpaired) electrons. The highest BCUT2D eigenvalue weighted by Crippen LogP contribution is 2.26. The van der Waals surface area contributed by atoms with Crippen molar-refractivity contribution in [1.29, 1.82) is 0 Å². The molecule has 0 heterocycles. The topological polar surface area (TPSA) is 63.6 Å². The van der Waals surface area contributed by atoms with E-state index in [1.165, 1.54) is 24.3 Å². The molecule has 0 saturated heterocycles. The van der Waals surface area contributed by atoms with E-state index in [1.54, 1.807) is 0 Å². The van der Waals surface area contributed by atoms with Gasteiger partial charge in [-0.2, -0.15) is 21.6 Å². The van der Waals surface area contributed by atoms with E-state index >= 15 is 0 Å². The molecule has 1 rings (SSSR count). The number of phenols is 1. The predicted molar refractivity (Wildman–Crippen MR) is 47.9 cm³/mol. The van der Waals surface area contributed by atoms with Crippen LogP contribution in [0.2, 0.25) is 0 Å². The number of alkyl halides is 3. The van der Waals surface area contributed by atoms with Crippen LogP contribution in [-0.2, 0) is 20.9 Å². The van der Waals surface area contributed by atoms with Crippen molar-refractivity contribution in [3.05, 3.63) is 29.8 Å². The van der Waals surface area contributed by atoms with Crippen LogP contribution in [0.5, 0.6) is 5.75 Å². The van der Waals surface area contributed by atoms with E-state index < -0.39 is 22.2 Å². The lowest BCUT2D eigenvalue weighted by Crippen LogP contribution is -2.25. The highest BCUT2D eigenvalue weighted by atomic mass is 32.2. The van der Waals surface area contributed by atoms with E-state index in [0.717, 1.165) is 0 Å². The summed E-state index contributed by atoms with van der Waals surface area (Å²) in [5.41, 5.74) is -5.51. The molecule has 0 amide bonds. The predicted octanol–water partition coefficient (Wildman–Crippen LogP) is 1.76. The first-order valence-corrected chi connectivity index (χ1v) is 5.37. The van der Waals surface area contributed by atoms with Gasteiger partial charge in [0.2, 0.25) is 0 Å². The summed E-state index contributed by atoms with van der Waals surface area (Å²) in [5, 5.41) is 9.15. The van der Waals surface area contributed by atoms with Crippen molar-refractivity contribution in [2.45, 2.75) is 12.1 Å². The van der Waals surface area contributed by atoms with Crippen molar-refractivity contribution in [3.63, 3.8) is 0 Å². The van der Waals surface area contributed by atoms with Crippen LogP contribution in [0.4, 0.5) is 13.2 Å². The summed E-state index contributed by atoms with van der Waals surface area (Å²) in [6.45, 7) is -0.867. The second kappa shape index (κ2) is 4.30. The van der Waals surface area contributed by atoms with E-state index in [-0.39, 0.29) is 11.3 Å². The Morgan fingerprint density at radius 1 is 1.25 bits per heavy atom. The molecule has 0 aliphatic carbocycles. The zero-order valence-corrected chi connectivity index (χ0v) is 8.55. The first kappa shape index (κ1) is 12.8. The number of para-hydroxylation sites is 1. The molecule has 16 heavy (non-hydrogen) atoms. The monoisotopic (exact) mass is 256 g/mol. The fraction of sp³-hybridized carbons (Fsp3) is 0.250. The third-order valence-electron chi connectivity index (χ3n) is 1.64. The Labute approximate surface area is 89.4 Å². The Kier molecular flexibility index (Phi) is 3.44. The lowest BCUT2D eigenvalue weighted by atomic mass is 10.2. The average molecular weight is 256 g/mol. The van der Waals surface area contributed by atoms with Gasteiger partial charge in [-0.3, -0.25) is 4.18 Å². The molecule has 0 spiro atoms. The first-order chi connectivity index (χ1) is 7.24. The highest BCUT2D eigenvalue weighted by Gasteiger charge is 2.47. The van der Waals surface area contributed by atoms with Crippen molar-refractivity contribution >= 4 is 10.1 Å². The van der Waals surface area contributed by atoms with Gasteiger partial charge in [0.25, 0.3) is 0 Å². The molecule has 0 aliphatic rings. The SMILES string of the molecule is O=S(=O)(OCc1ccccc1O)C(F)(F)F. The molecule has 4 nitrogen and oxygen atoms in total. The minimum absolute atomic E-state index is 0.0460. The molecule has 0 unspecified atom stereocenters. The standard InChI is InChI=1S/C8H7F3O4S/c9-8(10,11)16(13,14)15-5-6-3-1-2-4-7(6)12/h1-4,12H,5H2. The lowest BCUT2D eigenvalue weighted by molar-refractivity contribution is -0.0548. The quantitative estimate of drug-likeness (QED) is 0.661. The van der Waals surface area contributed by atoms with Gasteiger partial charge >= 0.3 is 15.6 Å². The number of benzene rings is 1. The van der Waals surface area contributed by atoms with Gasteiger partial charge in [0.1, 0.15) is 5.75 Å². The lowest BCUT2D eigenvalue weighted by Gasteiger charge is -2.08. The number of rotatable bonds is 3. The number of hydrogen-bond acceptors (Lipinski definition) is 4. The Morgan fingerprint density at radius 3 is 2.31 bits per heavy atom. The van der Waals surface area contributed by atoms with Crippen molar-refractivity contribution in [1.82, 2.24) is 0 Å². The summed E-state index contributed by atoms with van der Waals surface area (Å²) in [5.74, 6) is -0.333. The van der Waals surface area contributed by atoms with Crippen LogP contribution in [0.3, 0.4) is 0 Å². The van der Waals surface area contributed by atoms with Crippen molar-refractivity contribution in [3.8, 4) is 5.75 Å². The minimum Gasteiger partial charge on any atom is -0.508 e. The van der Waals surface area contributed by atoms with Crippen LogP contribution in [0.25, 0.3) is 0 Å². The van der Waals surface area contributed by atoms with Crippen molar-refractivity contribution in [2.75, 3.05) is 0 Å². The van der Waals surface area contributed by atoms with Gasteiger partial charge in [0, 0.05) is 5.56 Å². The molecule has 8 heteroatoms. The van der Waals surface area contributed by atoms with E-state index in [2.05, 4.69) is 4.18 Å². The Hall–Kier alpha value is -1.28. The van der Waals surface area contributed by atoms with E-state index in [9.17, 15) is 21.6 Å². The summed E-state index contributed by atoms with van der Waals surface area (Å²) < 4.78 is 60.3. The van der Waals surface area contributed by atoms with Gasteiger partial charge in [0.05, 0.1) is 6.61 Å². The minimum atomic E-state index is -5.62. The number of hydrogen-bond donors (Lipinski definition) is 1. The molecule has 0 saturated carbocycles.